The van der Waals surface area contributed by atoms with Crippen molar-refractivity contribution in [1.29, 1.82) is 0 Å². The van der Waals surface area contributed by atoms with Crippen molar-refractivity contribution >= 4 is 11.9 Å². The van der Waals surface area contributed by atoms with Gasteiger partial charge in [-0.15, -0.1) is 0 Å². The number of carbonyl (C=O) groups excluding carboxylic acids is 1. The summed E-state index contributed by atoms with van der Waals surface area (Å²) in [5.41, 5.74) is 2.00. The molecule has 0 rings (SSSR count). The second kappa shape index (κ2) is 5.43. The Balaban J connectivity index is 3.60. The topological polar surface area (TPSA) is 75.6 Å². The number of carboxylic acid groups (broad SMARTS) is 1. The van der Waals surface area contributed by atoms with Crippen LogP contribution in [0.4, 0.5) is 0 Å². The summed E-state index contributed by atoms with van der Waals surface area (Å²) in [6, 6.07) is 0. The van der Waals surface area contributed by atoms with E-state index in [1.165, 1.54) is 0 Å². The molecule has 0 fully saturated rings. The van der Waals surface area contributed by atoms with Crippen molar-refractivity contribution < 1.29 is 19.5 Å². The molecule has 62 valence electrons. The van der Waals surface area contributed by atoms with Crippen LogP contribution in [0.3, 0.4) is 0 Å². The molecule has 0 unspecified atom stereocenters. The summed E-state index contributed by atoms with van der Waals surface area (Å²) in [6.45, 7) is 2.04. The molecular formula is C6H9NO4. The van der Waals surface area contributed by atoms with Gasteiger partial charge in [0.2, 0.25) is 0 Å². The van der Waals surface area contributed by atoms with E-state index in [9.17, 15) is 9.59 Å². The second-order valence-electron chi connectivity index (χ2n) is 1.57. The van der Waals surface area contributed by atoms with Gasteiger partial charge in [-0.3, -0.25) is 9.63 Å². The van der Waals surface area contributed by atoms with Crippen LogP contribution in [-0.4, -0.2) is 23.6 Å². The van der Waals surface area contributed by atoms with Gasteiger partial charge < -0.3 is 5.11 Å². The first-order chi connectivity index (χ1) is 5.16. The van der Waals surface area contributed by atoms with E-state index in [1.807, 2.05) is 5.48 Å². The van der Waals surface area contributed by atoms with E-state index in [1.54, 1.807) is 6.92 Å². The standard InChI is InChI=1S/C6H9NO4/c1-2-11-7-5(8)3-4-6(9)10/h3-4H,2H2,1H3,(H,7,8)(H,9,10)/b4-3+. The molecule has 0 aromatic carbocycles. The minimum absolute atomic E-state index is 0.340. The van der Waals surface area contributed by atoms with Gasteiger partial charge in [0.25, 0.3) is 5.91 Å². The molecule has 5 heteroatoms. The van der Waals surface area contributed by atoms with Crippen molar-refractivity contribution in [1.82, 2.24) is 5.48 Å². The van der Waals surface area contributed by atoms with E-state index < -0.39 is 11.9 Å². The van der Waals surface area contributed by atoms with Crippen LogP contribution >= 0.6 is 0 Å². The maximum Gasteiger partial charge on any atom is 0.328 e. The summed E-state index contributed by atoms with van der Waals surface area (Å²) in [4.78, 5) is 24.9. The highest BCUT2D eigenvalue weighted by Crippen LogP contribution is 1.74. The largest absolute Gasteiger partial charge is 0.478 e. The highest BCUT2D eigenvalue weighted by Gasteiger charge is 1.93. The van der Waals surface area contributed by atoms with Gasteiger partial charge >= 0.3 is 5.97 Å². The fraction of sp³-hybridized carbons (Fsp3) is 0.333. The lowest BCUT2D eigenvalue weighted by Gasteiger charge is -1.96. The fourth-order valence-corrected chi connectivity index (χ4v) is 0.324. The van der Waals surface area contributed by atoms with Crippen molar-refractivity contribution in [2.45, 2.75) is 6.92 Å². The number of hydroxylamine groups is 1. The summed E-state index contributed by atoms with van der Waals surface area (Å²) in [6.07, 6.45) is 1.60. The molecule has 0 aliphatic rings. The molecule has 2 N–H and O–H groups in total. The van der Waals surface area contributed by atoms with Gasteiger partial charge in [0.05, 0.1) is 6.61 Å². The number of aliphatic carboxylic acids is 1. The predicted octanol–water partition coefficient (Wildman–Crippen LogP) is -0.305. The van der Waals surface area contributed by atoms with Crippen LogP contribution in [0, 0.1) is 0 Å². The van der Waals surface area contributed by atoms with Crippen LogP contribution in [0.15, 0.2) is 12.2 Å². The average molecular weight is 159 g/mol. The highest BCUT2D eigenvalue weighted by atomic mass is 16.6. The molecular weight excluding hydrogens is 150 g/mol. The number of carbonyl (C=O) groups is 2. The maximum atomic E-state index is 10.5. The third-order valence-electron chi connectivity index (χ3n) is 0.694. The van der Waals surface area contributed by atoms with Crippen molar-refractivity contribution in [2.75, 3.05) is 6.61 Å². The Morgan fingerprint density at radius 2 is 2.18 bits per heavy atom. The Hall–Kier alpha value is -1.36. The summed E-state index contributed by atoms with van der Waals surface area (Å²) in [5.74, 6) is -1.76. The molecule has 0 radical (unpaired) electrons. The molecule has 0 aliphatic carbocycles. The first-order valence-electron chi connectivity index (χ1n) is 2.99. The Bertz CT molecular complexity index is 175. The zero-order chi connectivity index (χ0) is 8.69. The van der Waals surface area contributed by atoms with E-state index in [0.29, 0.717) is 6.61 Å². The lowest BCUT2D eigenvalue weighted by Crippen LogP contribution is -2.21. The molecule has 11 heavy (non-hydrogen) atoms. The van der Waals surface area contributed by atoms with Crippen molar-refractivity contribution in [3.63, 3.8) is 0 Å². The normalized spacial score (nSPS) is 9.91. The summed E-state index contributed by atoms with van der Waals surface area (Å²) in [5, 5.41) is 8.08. The molecule has 0 aliphatic heterocycles. The molecule has 0 spiro atoms. The van der Waals surface area contributed by atoms with Crippen molar-refractivity contribution in [3.05, 3.63) is 12.2 Å². The van der Waals surface area contributed by atoms with E-state index in [4.69, 9.17) is 5.11 Å². The molecule has 0 atom stereocenters. The van der Waals surface area contributed by atoms with Gasteiger partial charge in [-0.2, -0.15) is 0 Å². The van der Waals surface area contributed by atoms with Gasteiger partial charge in [0.1, 0.15) is 0 Å². The third kappa shape index (κ3) is 6.53. The molecule has 5 nitrogen and oxygen atoms in total. The van der Waals surface area contributed by atoms with Crippen molar-refractivity contribution in [2.24, 2.45) is 0 Å². The van der Waals surface area contributed by atoms with Gasteiger partial charge in [-0.05, 0) is 6.92 Å². The van der Waals surface area contributed by atoms with E-state index in [2.05, 4.69) is 4.84 Å². The second-order valence-corrected chi connectivity index (χ2v) is 1.57. The lowest BCUT2D eigenvalue weighted by atomic mass is 10.5. The van der Waals surface area contributed by atoms with Gasteiger partial charge in [0.15, 0.2) is 0 Å². The van der Waals surface area contributed by atoms with E-state index >= 15 is 0 Å². The quantitative estimate of drug-likeness (QED) is 0.436. The predicted molar refractivity (Wildman–Crippen MR) is 36.5 cm³/mol. The van der Waals surface area contributed by atoms with Crippen LogP contribution in [0.1, 0.15) is 6.92 Å². The third-order valence-corrected chi connectivity index (χ3v) is 0.694. The number of carboxylic acids is 1. The van der Waals surface area contributed by atoms with Crippen LogP contribution in [0.25, 0.3) is 0 Å². The smallest absolute Gasteiger partial charge is 0.328 e. The molecule has 0 aromatic rings. The van der Waals surface area contributed by atoms with Crippen molar-refractivity contribution in [3.8, 4) is 0 Å². The Labute approximate surface area is 63.6 Å². The van der Waals surface area contributed by atoms with Gasteiger partial charge in [-0.25, -0.2) is 10.3 Å². The first kappa shape index (κ1) is 9.64. The van der Waals surface area contributed by atoms with Crippen LogP contribution in [0.5, 0.6) is 0 Å². The maximum absolute atomic E-state index is 10.5. The highest BCUT2D eigenvalue weighted by molar-refractivity contribution is 5.93. The molecule has 0 bridgehead atoms. The van der Waals surface area contributed by atoms with Crippen LogP contribution in [-0.2, 0) is 14.4 Å². The summed E-state index contributed by atoms with van der Waals surface area (Å²) in [7, 11) is 0. The molecule has 0 saturated heterocycles. The van der Waals surface area contributed by atoms with E-state index in [0.717, 1.165) is 12.2 Å². The Kier molecular flexibility index (Phi) is 4.76. The fourth-order valence-electron chi connectivity index (χ4n) is 0.324. The lowest BCUT2D eigenvalue weighted by molar-refractivity contribution is -0.132. The number of hydrogen-bond donors (Lipinski definition) is 2. The summed E-state index contributed by atoms with van der Waals surface area (Å²) >= 11 is 0. The Morgan fingerprint density at radius 1 is 1.55 bits per heavy atom. The minimum Gasteiger partial charge on any atom is -0.478 e. The van der Waals surface area contributed by atoms with Crippen LogP contribution < -0.4 is 5.48 Å². The SMILES string of the molecule is CCONC(=O)/C=C/C(=O)O. The van der Waals surface area contributed by atoms with Gasteiger partial charge in [-0.1, -0.05) is 0 Å². The Morgan fingerprint density at radius 3 is 2.64 bits per heavy atom. The van der Waals surface area contributed by atoms with Gasteiger partial charge in [0, 0.05) is 12.2 Å². The first-order valence-corrected chi connectivity index (χ1v) is 2.99. The minimum atomic E-state index is -1.17. The molecule has 0 heterocycles. The zero-order valence-electron chi connectivity index (χ0n) is 6.03. The molecule has 0 aromatic heterocycles. The molecule has 1 amide bonds. The van der Waals surface area contributed by atoms with E-state index in [-0.39, 0.29) is 0 Å². The van der Waals surface area contributed by atoms with Crippen LogP contribution in [0.2, 0.25) is 0 Å². The average Bonchev–Trinajstić information content (AvgIpc) is 1.97. The summed E-state index contributed by atoms with van der Waals surface area (Å²) < 4.78 is 0. The number of hydrogen-bond acceptors (Lipinski definition) is 3. The number of rotatable bonds is 4. The molecule has 0 saturated carbocycles. The monoisotopic (exact) mass is 159 g/mol. The number of nitrogens with one attached hydrogen (secondary N) is 1. The number of amides is 1. The zero-order valence-corrected chi connectivity index (χ0v) is 6.03.